The predicted molar refractivity (Wildman–Crippen MR) is 205 cm³/mol. The molecule has 57 heavy (non-hydrogen) atoms. The maximum absolute atomic E-state index is 13.7. The van der Waals surface area contributed by atoms with Crippen LogP contribution in [0.5, 0.6) is 0 Å². The van der Waals surface area contributed by atoms with Crippen molar-refractivity contribution in [2.45, 2.75) is 123 Å². The SMILES string of the molecule is CC[C@H](C)[C@@H]1NC(=O)[C@H](C(C)C)NC(=O)[C@H](C(C)C)NC(=O)CNC(=O)[C@H](Cc2ccccc2)NC(=O)[C@H]([C@@H](C)O)NC(=O)[C@H](CC(=O)O)NC(=O)[C@H](C)NC1=O. The van der Waals surface area contributed by atoms with E-state index in [2.05, 4.69) is 42.5 Å². The molecule has 0 radical (unpaired) electrons. The van der Waals surface area contributed by atoms with Crippen molar-refractivity contribution < 1.29 is 53.4 Å². The Morgan fingerprint density at radius 1 is 0.632 bits per heavy atom. The summed E-state index contributed by atoms with van der Waals surface area (Å²) in [5.74, 6) is -10.0. The molecule has 1 aliphatic rings. The first-order chi connectivity index (χ1) is 26.7. The zero-order chi connectivity index (χ0) is 43.1. The summed E-state index contributed by atoms with van der Waals surface area (Å²) in [6, 6.07) is -1.39. The lowest BCUT2D eigenvalue weighted by Crippen LogP contribution is -2.62. The second-order valence-electron chi connectivity index (χ2n) is 15.0. The van der Waals surface area contributed by atoms with E-state index < -0.39 is 132 Å². The van der Waals surface area contributed by atoms with Crippen LogP contribution in [0.2, 0.25) is 0 Å². The lowest BCUT2D eigenvalue weighted by molar-refractivity contribution is -0.142. The van der Waals surface area contributed by atoms with Gasteiger partial charge in [0.15, 0.2) is 0 Å². The quantitative estimate of drug-likeness (QED) is 0.130. The average Bonchev–Trinajstić information content (AvgIpc) is 3.14. The molecule has 1 fully saturated rings. The van der Waals surface area contributed by atoms with Gasteiger partial charge >= 0.3 is 5.97 Å². The number of amides is 8. The molecular weight excluding hydrogens is 744 g/mol. The van der Waals surface area contributed by atoms with Gasteiger partial charge in [-0.15, -0.1) is 0 Å². The molecule has 1 aromatic carbocycles. The molecule has 1 heterocycles. The van der Waals surface area contributed by atoms with Crippen LogP contribution in [0.3, 0.4) is 0 Å². The fourth-order valence-corrected chi connectivity index (χ4v) is 5.80. The Balaban J connectivity index is 2.61. The third kappa shape index (κ3) is 14.8. The standard InChI is InChI=1S/C38H58N8O11/c1-9-20(6)30-37(56)40-21(7)32(51)41-25(16-27(49)50)34(53)46-31(22(8)47)38(57)42-24(15-23-13-11-10-12-14-23)33(52)39-17-26(48)43-28(18(2)3)35(54)44-29(19(4)5)36(55)45-30/h10-14,18-22,24-25,28-31,47H,9,15-17H2,1-8H3,(H,39,52)(H,40,56)(H,41,51)(H,42,57)(H,43,48)(H,44,54)(H,45,55)(H,46,53)(H,49,50)/t20-,21-,22+,24-,25-,28-,29-,30-,31-/m0/s1. The molecule has 1 saturated heterocycles. The van der Waals surface area contributed by atoms with E-state index in [1.54, 1.807) is 71.9 Å². The van der Waals surface area contributed by atoms with Crippen LogP contribution in [0.15, 0.2) is 30.3 Å². The van der Waals surface area contributed by atoms with Crippen molar-refractivity contribution in [3.05, 3.63) is 35.9 Å². The van der Waals surface area contributed by atoms with Crippen LogP contribution in [-0.2, 0) is 49.6 Å². The maximum Gasteiger partial charge on any atom is 0.305 e. The summed E-state index contributed by atoms with van der Waals surface area (Å²) in [4.78, 5) is 120. The number of carboxylic acid groups (broad SMARTS) is 1. The minimum atomic E-state index is -1.80. The zero-order valence-corrected chi connectivity index (χ0v) is 33.6. The molecule has 0 unspecified atom stereocenters. The smallest absolute Gasteiger partial charge is 0.305 e. The molecule has 1 aromatic rings. The normalized spacial score (nSPS) is 26.6. The maximum atomic E-state index is 13.7. The molecule has 0 spiro atoms. The highest BCUT2D eigenvalue weighted by molar-refractivity contribution is 5.99. The fourth-order valence-electron chi connectivity index (χ4n) is 5.80. The average molecular weight is 803 g/mol. The number of aliphatic hydroxyl groups excluding tert-OH is 1. The number of benzene rings is 1. The molecule has 19 heteroatoms. The van der Waals surface area contributed by atoms with Gasteiger partial charge in [0.25, 0.3) is 0 Å². The topological polar surface area (TPSA) is 290 Å². The molecule has 2 rings (SSSR count). The summed E-state index contributed by atoms with van der Waals surface area (Å²) in [6.45, 7) is 11.9. The molecule has 0 aromatic heterocycles. The molecule has 316 valence electrons. The van der Waals surface area contributed by atoms with Gasteiger partial charge in [-0.25, -0.2) is 0 Å². The van der Waals surface area contributed by atoms with E-state index in [4.69, 9.17) is 0 Å². The van der Waals surface area contributed by atoms with Crippen molar-refractivity contribution in [2.24, 2.45) is 17.8 Å². The van der Waals surface area contributed by atoms with Crippen LogP contribution < -0.4 is 42.5 Å². The monoisotopic (exact) mass is 802 g/mol. The highest BCUT2D eigenvalue weighted by Crippen LogP contribution is 2.13. The molecule has 0 bridgehead atoms. The number of carbonyl (C=O) groups excluding carboxylic acids is 8. The van der Waals surface area contributed by atoms with Crippen LogP contribution >= 0.6 is 0 Å². The van der Waals surface area contributed by atoms with Crippen LogP contribution in [-0.4, -0.2) is 118 Å². The highest BCUT2D eigenvalue weighted by atomic mass is 16.4. The molecule has 10 N–H and O–H groups in total. The van der Waals surface area contributed by atoms with E-state index in [9.17, 15) is 53.4 Å². The first-order valence-corrected chi connectivity index (χ1v) is 19.0. The zero-order valence-electron chi connectivity index (χ0n) is 33.6. The molecule has 0 aliphatic carbocycles. The third-order valence-electron chi connectivity index (χ3n) is 9.47. The molecular formula is C38H58N8O11. The largest absolute Gasteiger partial charge is 0.481 e. The van der Waals surface area contributed by atoms with Gasteiger partial charge in [0.05, 0.1) is 19.1 Å². The van der Waals surface area contributed by atoms with Crippen molar-refractivity contribution >= 4 is 53.2 Å². The van der Waals surface area contributed by atoms with Crippen molar-refractivity contribution in [1.29, 1.82) is 0 Å². The summed E-state index contributed by atoms with van der Waals surface area (Å²) in [7, 11) is 0. The highest BCUT2D eigenvalue weighted by Gasteiger charge is 2.37. The van der Waals surface area contributed by atoms with Crippen molar-refractivity contribution in [2.75, 3.05) is 6.54 Å². The lowest BCUT2D eigenvalue weighted by Gasteiger charge is -2.30. The number of aliphatic carboxylic acids is 1. The van der Waals surface area contributed by atoms with Crippen LogP contribution in [0.25, 0.3) is 0 Å². The van der Waals surface area contributed by atoms with Crippen molar-refractivity contribution in [1.82, 2.24) is 42.5 Å². The third-order valence-corrected chi connectivity index (χ3v) is 9.47. The van der Waals surface area contributed by atoms with Gasteiger partial charge in [-0.05, 0) is 37.2 Å². The summed E-state index contributed by atoms with van der Waals surface area (Å²) in [5, 5.41) is 39.9. The summed E-state index contributed by atoms with van der Waals surface area (Å²) in [6.07, 6.45) is -2.25. The first kappa shape index (κ1) is 47.6. The fraction of sp³-hybridized carbons (Fsp3) is 0.605. The summed E-state index contributed by atoms with van der Waals surface area (Å²) >= 11 is 0. The van der Waals surface area contributed by atoms with Crippen LogP contribution in [0, 0.1) is 17.8 Å². The van der Waals surface area contributed by atoms with Gasteiger partial charge in [0, 0.05) is 6.42 Å². The Labute approximate surface area is 332 Å². The first-order valence-electron chi connectivity index (χ1n) is 19.0. The van der Waals surface area contributed by atoms with E-state index in [1.807, 2.05) is 0 Å². The van der Waals surface area contributed by atoms with Gasteiger partial charge in [-0.1, -0.05) is 78.3 Å². The minimum Gasteiger partial charge on any atom is -0.481 e. The van der Waals surface area contributed by atoms with E-state index >= 15 is 0 Å². The second kappa shape index (κ2) is 22.2. The van der Waals surface area contributed by atoms with Crippen molar-refractivity contribution in [3.63, 3.8) is 0 Å². The van der Waals surface area contributed by atoms with E-state index in [1.165, 1.54) is 6.92 Å². The Morgan fingerprint density at radius 3 is 1.65 bits per heavy atom. The number of hydrogen-bond donors (Lipinski definition) is 10. The molecule has 9 atom stereocenters. The molecule has 1 aliphatic heterocycles. The molecule has 19 nitrogen and oxygen atoms in total. The van der Waals surface area contributed by atoms with Gasteiger partial charge in [-0.3, -0.25) is 43.2 Å². The van der Waals surface area contributed by atoms with Crippen LogP contribution in [0.4, 0.5) is 0 Å². The lowest BCUT2D eigenvalue weighted by atomic mass is 9.95. The Kier molecular flexibility index (Phi) is 18.5. The number of carbonyl (C=O) groups is 9. The number of hydrogen-bond acceptors (Lipinski definition) is 10. The minimum absolute atomic E-state index is 0.102. The number of nitrogens with one attached hydrogen (secondary N) is 8. The van der Waals surface area contributed by atoms with Gasteiger partial charge in [0.1, 0.15) is 42.3 Å². The number of rotatable bonds is 9. The van der Waals surface area contributed by atoms with Crippen molar-refractivity contribution in [3.8, 4) is 0 Å². The van der Waals surface area contributed by atoms with Gasteiger partial charge < -0.3 is 52.7 Å². The summed E-state index contributed by atoms with van der Waals surface area (Å²) in [5.41, 5.74) is 0.592. The van der Waals surface area contributed by atoms with Gasteiger partial charge in [-0.2, -0.15) is 0 Å². The summed E-state index contributed by atoms with van der Waals surface area (Å²) < 4.78 is 0. The van der Waals surface area contributed by atoms with E-state index in [-0.39, 0.29) is 6.42 Å². The van der Waals surface area contributed by atoms with E-state index in [0.29, 0.717) is 12.0 Å². The second-order valence-corrected chi connectivity index (χ2v) is 15.0. The molecule has 0 saturated carbocycles. The van der Waals surface area contributed by atoms with Crippen LogP contribution in [0.1, 0.15) is 73.8 Å². The number of carboxylic acids is 1. The Bertz CT molecular complexity index is 1620. The van der Waals surface area contributed by atoms with E-state index in [0.717, 1.165) is 6.92 Å². The molecule has 8 amide bonds. The Morgan fingerprint density at radius 2 is 1.12 bits per heavy atom. The predicted octanol–water partition coefficient (Wildman–Crippen LogP) is -2.01. The Hall–Kier alpha value is -5.59. The van der Waals surface area contributed by atoms with Gasteiger partial charge in [0.2, 0.25) is 47.3 Å². The number of aliphatic hydroxyl groups is 1.